The summed E-state index contributed by atoms with van der Waals surface area (Å²) in [6.07, 6.45) is 7.24. The summed E-state index contributed by atoms with van der Waals surface area (Å²) < 4.78 is 5.70. The highest BCUT2D eigenvalue weighted by Crippen LogP contribution is 2.45. The number of carbonyl (C=O) groups excluding carboxylic acids is 1. The van der Waals surface area contributed by atoms with Crippen LogP contribution in [0.4, 0.5) is 5.69 Å². The van der Waals surface area contributed by atoms with Crippen LogP contribution >= 0.6 is 23.2 Å². The van der Waals surface area contributed by atoms with Crippen LogP contribution in [0.2, 0.25) is 10.0 Å². The van der Waals surface area contributed by atoms with Crippen LogP contribution in [-0.2, 0) is 10.2 Å². The van der Waals surface area contributed by atoms with Crippen molar-refractivity contribution in [2.75, 3.05) is 11.9 Å². The number of anilines is 1. The summed E-state index contributed by atoms with van der Waals surface area (Å²) in [6.45, 7) is 4.70. The first-order valence-corrected chi connectivity index (χ1v) is 10.6. The van der Waals surface area contributed by atoms with Gasteiger partial charge in [0.1, 0.15) is 0 Å². The third kappa shape index (κ3) is 4.44. The van der Waals surface area contributed by atoms with Gasteiger partial charge in [-0.1, -0.05) is 55.5 Å². The topological polar surface area (TPSA) is 51.2 Å². The van der Waals surface area contributed by atoms with Crippen molar-refractivity contribution < 1.29 is 9.53 Å². The van der Waals surface area contributed by atoms with E-state index >= 15 is 0 Å². The summed E-state index contributed by atoms with van der Waals surface area (Å²) >= 11 is 12.5. The molecule has 1 amide bonds. The van der Waals surface area contributed by atoms with Crippen molar-refractivity contribution in [3.63, 3.8) is 0 Å². The van der Waals surface area contributed by atoms with Crippen molar-refractivity contribution in [1.82, 2.24) is 4.98 Å². The smallest absolute Gasteiger partial charge is 0.235 e. The number of pyridine rings is 1. The van der Waals surface area contributed by atoms with E-state index in [4.69, 9.17) is 27.9 Å². The minimum absolute atomic E-state index is 0.0462. The van der Waals surface area contributed by atoms with Gasteiger partial charge in [-0.25, -0.2) is 4.98 Å². The standard InChI is InChI=1S/C22H26Cl2N2O2/c1-3-4-11-28-20-15(2)12-17(14-25-20)26-21(27)22(9-5-6-10-22)18-8-7-16(23)13-19(18)24/h7-8,12-14H,3-6,9-11H2,1-2H3,(H,26,27). The normalized spacial score (nSPS) is 15.4. The molecule has 1 aromatic heterocycles. The first-order valence-electron chi connectivity index (χ1n) is 9.82. The molecule has 1 aromatic carbocycles. The molecule has 150 valence electrons. The fourth-order valence-corrected chi connectivity index (χ4v) is 4.41. The summed E-state index contributed by atoms with van der Waals surface area (Å²) in [7, 11) is 0. The Labute approximate surface area is 176 Å². The van der Waals surface area contributed by atoms with Crippen molar-refractivity contribution >= 4 is 34.8 Å². The molecule has 0 unspecified atom stereocenters. The molecule has 4 nitrogen and oxygen atoms in total. The number of hydrogen-bond donors (Lipinski definition) is 1. The lowest BCUT2D eigenvalue weighted by Gasteiger charge is -2.29. The second-order valence-corrected chi connectivity index (χ2v) is 8.26. The fraction of sp³-hybridized carbons (Fsp3) is 0.455. The number of amides is 1. The molecule has 0 saturated heterocycles. The first kappa shape index (κ1) is 20.9. The predicted octanol–water partition coefficient (Wildman–Crippen LogP) is 6.33. The highest BCUT2D eigenvalue weighted by molar-refractivity contribution is 6.35. The largest absolute Gasteiger partial charge is 0.477 e. The summed E-state index contributed by atoms with van der Waals surface area (Å²) in [5.74, 6) is 0.567. The summed E-state index contributed by atoms with van der Waals surface area (Å²) in [5, 5.41) is 4.16. The second kappa shape index (κ2) is 9.15. The predicted molar refractivity (Wildman–Crippen MR) is 115 cm³/mol. The van der Waals surface area contributed by atoms with Gasteiger partial charge in [0, 0.05) is 15.6 Å². The van der Waals surface area contributed by atoms with E-state index in [9.17, 15) is 4.79 Å². The number of nitrogens with zero attached hydrogens (tertiary/aromatic N) is 1. The average Bonchev–Trinajstić information content (AvgIpc) is 3.14. The fourth-order valence-electron chi connectivity index (χ4n) is 3.82. The molecule has 1 fully saturated rings. The van der Waals surface area contributed by atoms with Crippen molar-refractivity contribution in [1.29, 1.82) is 0 Å². The molecule has 0 atom stereocenters. The molecular formula is C22H26Cl2N2O2. The summed E-state index contributed by atoms with van der Waals surface area (Å²) in [5.41, 5.74) is 1.78. The van der Waals surface area contributed by atoms with Gasteiger partial charge in [0.25, 0.3) is 0 Å². The quantitative estimate of drug-likeness (QED) is 0.532. The Kier molecular flexibility index (Phi) is 6.84. The van der Waals surface area contributed by atoms with Gasteiger partial charge in [0.2, 0.25) is 11.8 Å². The van der Waals surface area contributed by atoms with Crippen LogP contribution in [-0.4, -0.2) is 17.5 Å². The van der Waals surface area contributed by atoms with Crippen molar-refractivity contribution in [2.24, 2.45) is 0 Å². The Morgan fingerprint density at radius 3 is 2.64 bits per heavy atom. The maximum absolute atomic E-state index is 13.3. The monoisotopic (exact) mass is 420 g/mol. The maximum atomic E-state index is 13.3. The van der Waals surface area contributed by atoms with Crippen LogP contribution in [0, 0.1) is 6.92 Å². The van der Waals surface area contributed by atoms with Crippen LogP contribution in [0.25, 0.3) is 0 Å². The number of carbonyl (C=O) groups is 1. The SMILES string of the molecule is CCCCOc1ncc(NC(=O)C2(c3ccc(Cl)cc3Cl)CCCC2)cc1C. The number of aromatic nitrogens is 1. The van der Waals surface area contributed by atoms with Crippen LogP contribution in [0.3, 0.4) is 0 Å². The number of ether oxygens (including phenoxy) is 1. The molecule has 0 radical (unpaired) electrons. The Bertz CT molecular complexity index is 848. The number of nitrogens with one attached hydrogen (secondary N) is 1. The zero-order valence-corrected chi connectivity index (χ0v) is 17.9. The number of benzene rings is 1. The minimum Gasteiger partial charge on any atom is -0.477 e. The molecule has 1 N–H and O–H groups in total. The van der Waals surface area contributed by atoms with Gasteiger partial charge in [0.05, 0.1) is 23.9 Å². The molecule has 0 spiro atoms. The molecular weight excluding hydrogens is 395 g/mol. The van der Waals surface area contributed by atoms with Gasteiger partial charge in [-0.3, -0.25) is 4.79 Å². The highest BCUT2D eigenvalue weighted by atomic mass is 35.5. The van der Waals surface area contributed by atoms with Gasteiger partial charge < -0.3 is 10.1 Å². The number of hydrogen-bond acceptors (Lipinski definition) is 3. The minimum atomic E-state index is -0.633. The number of unbranched alkanes of at least 4 members (excludes halogenated alkanes) is 1. The molecule has 1 heterocycles. The van der Waals surface area contributed by atoms with Crippen molar-refractivity contribution in [3.8, 4) is 5.88 Å². The molecule has 1 aliphatic carbocycles. The molecule has 28 heavy (non-hydrogen) atoms. The van der Waals surface area contributed by atoms with Crippen molar-refractivity contribution in [2.45, 2.75) is 57.8 Å². The van der Waals surface area contributed by atoms with Crippen LogP contribution in [0.5, 0.6) is 5.88 Å². The van der Waals surface area contributed by atoms with Gasteiger partial charge in [-0.2, -0.15) is 0 Å². The molecule has 0 bridgehead atoms. The third-order valence-electron chi connectivity index (χ3n) is 5.36. The summed E-state index contributed by atoms with van der Waals surface area (Å²) in [6, 6.07) is 7.28. The zero-order valence-electron chi connectivity index (χ0n) is 16.4. The van der Waals surface area contributed by atoms with E-state index in [1.54, 1.807) is 18.3 Å². The van der Waals surface area contributed by atoms with Crippen LogP contribution < -0.4 is 10.1 Å². The van der Waals surface area contributed by atoms with Gasteiger partial charge in [0.15, 0.2) is 0 Å². The second-order valence-electron chi connectivity index (χ2n) is 7.42. The van der Waals surface area contributed by atoms with Gasteiger partial charge in [-0.05, 0) is 49.9 Å². The molecule has 3 rings (SSSR count). The Balaban J connectivity index is 1.81. The summed E-state index contributed by atoms with van der Waals surface area (Å²) in [4.78, 5) is 17.7. The maximum Gasteiger partial charge on any atom is 0.235 e. The average molecular weight is 421 g/mol. The molecule has 1 aliphatic rings. The number of halogens is 2. The van der Waals surface area contributed by atoms with E-state index < -0.39 is 5.41 Å². The Morgan fingerprint density at radius 1 is 1.25 bits per heavy atom. The zero-order chi connectivity index (χ0) is 20.1. The van der Waals surface area contributed by atoms with Gasteiger partial charge >= 0.3 is 0 Å². The number of aryl methyl sites for hydroxylation is 1. The molecule has 6 heteroatoms. The van der Waals surface area contributed by atoms with E-state index in [0.29, 0.717) is 28.2 Å². The van der Waals surface area contributed by atoms with E-state index in [2.05, 4.69) is 17.2 Å². The lowest BCUT2D eigenvalue weighted by Crippen LogP contribution is -2.38. The number of rotatable bonds is 7. The lowest BCUT2D eigenvalue weighted by atomic mass is 9.78. The van der Waals surface area contributed by atoms with Crippen molar-refractivity contribution in [3.05, 3.63) is 51.6 Å². The van der Waals surface area contributed by atoms with E-state index in [-0.39, 0.29) is 5.91 Å². The molecule has 2 aromatic rings. The van der Waals surface area contributed by atoms with E-state index in [1.165, 1.54) is 0 Å². The molecule has 0 aliphatic heterocycles. The Morgan fingerprint density at radius 2 is 2.00 bits per heavy atom. The van der Waals surface area contributed by atoms with Crippen LogP contribution in [0.1, 0.15) is 56.6 Å². The first-order chi connectivity index (χ1) is 13.5. The Hall–Kier alpha value is -1.78. The van der Waals surface area contributed by atoms with E-state index in [0.717, 1.165) is 49.7 Å². The molecule has 1 saturated carbocycles. The third-order valence-corrected chi connectivity index (χ3v) is 5.91. The highest BCUT2D eigenvalue weighted by Gasteiger charge is 2.44. The van der Waals surface area contributed by atoms with Gasteiger partial charge in [-0.15, -0.1) is 0 Å². The van der Waals surface area contributed by atoms with E-state index in [1.807, 2.05) is 19.1 Å². The van der Waals surface area contributed by atoms with Crippen LogP contribution in [0.15, 0.2) is 30.5 Å². The lowest BCUT2D eigenvalue weighted by molar-refractivity contribution is -0.121.